The van der Waals surface area contributed by atoms with E-state index in [1.807, 2.05) is 0 Å². The van der Waals surface area contributed by atoms with Crippen LogP contribution in [0.4, 0.5) is 11.4 Å². The third-order valence-electron chi connectivity index (χ3n) is 3.58. The summed E-state index contributed by atoms with van der Waals surface area (Å²) in [5.74, 6) is -0.392. The van der Waals surface area contributed by atoms with Crippen molar-refractivity contribution in [2.75, 3.05) is 32.0 Å². The molecule has 2 amide bonds. The molecule has 0 aromatic heterocycles. The fourth-order valence-corrected chi connectivity index (χ4v) is 2.36. The van der Waals surface area contributed by atoms with Crippen molar-refractivity contribution in [3.8, 4) is 17.2 Å². The van der Waals surface area contributed by atoms with Gasteiger partial charge in [-0.1, -0.05) is 11.6 Å². The third-order valence-corrected chi connectivity index (χ3v) is 3.98. The molecule has 0 fully saturated rings. The zero-order chi connectivity index (χ0) is 19.3. The highest BCUT2D eigenvalue weighted by Gasteiger charge is 2.18. The van der Waals surface area contributed by atoms with Gasteiger partial charge in [-0.25, -0.2) is 0 Å². The lowest BCUT2D eigenvalue weighted by Crippen LogP contribution is -2.29. The van der Waals surface area contributed by atoms with Gasteiger partial charge in [0.15, 0.2) is 11.5 Å². The number of aryl methyl sites for hydroxylation is 1. The summed E-state index contributed by atoms with van der Waals surface area (Å²) < 4.78 is 15.5. The first-order chi connectivity index (χ1) is 12.4. The summed E-state index contributed by atoms with van der Waals surface area (Å²) >= 11 is 6.03. The van der Waals surface area contributed by atoms with Crippen LogP contribution in [0.25, 0.3) is 0 Å². The Morgan fingerprint density at radius 1 is 0.846 bits per heavy atom. The van der Waals surface area contributed by atoms with Gasteiger partial charge in [0, 0.05) is 22.8 Å². The van der Waals surface area contributed by atoms with Crippen LogP contribution in [-0.2, 0) is 9.59 Å². The number of carbonyl (C=O) groups is 2. The summed E-state index contributed by atoms with van der Waals surface area (Å²) in [4.78, 5) is 24.4. The summed E-state index contributed by atoms with van der Waals surface area (Å²) in [6.07, 6.45) is 0. The van der Waals surface area contributed by atoms with Crippen molar-refractivity contribution in [3.63, 3.8) is 0 Å². The highest BCUT2D eigenvalue weighted by molar-refractivity contribution is 6.43. The fourth-order valence-electron chi connectivity index (χ4n) is 2.21. The van der Waals surface area contributed by atoms with Crippen molar-refractivity contribution >= 4 is 34.8 Å². The lowest BCUT2D eigenvalue weighted by Gasteiger charge is -2.13. The molecule has 8 heteroatoms. The highest BCUT2D eigenvalue weighted by Crippen LogP contribution is 2.31. The molecule has 0 aliphatic heterocycles. The Kier molecular flexibility index (Phi) is 6.30. The SMILES string of the molecule is COc1cc(Cl)c(C)cc1NC(=O)C(=O)Nc1ccc(OC)c(OC)c1. The zero-order valence-electron chi connectivity index (χ0n) is 14.8. The van der Waals surface area contributed by atoms with Gasteiger partial charge in [0.1, 0.15) is 5.75 Å². The predicted molar refractivity (Wildman–Crippen MR) is 99.5 cm³/mol. The monoisotopic (exact) mass is 378 g/mol. The summed E-state index contributed by atoms with van der Waals surface area (Å²) in [5.41, 5.74) is 1.48. The van der Waals surface area contributed by atoms with E-state index in [-0.39, 0.29) is 0 Å². The molecule has 0 radical (unpaired) electrons. The van der Waals surface area contributed by atoms with Gasteiger partial charge in [0.25, 0.3) is 0 Å². The molecule has 2 N–H and O–H groups in total. The Morgan fingerprint density at radius 2 is 1.46 bits per heavy atom. The Hall–Kier alpha value is -2.93. The van der Waals surface area contributed by atoms with Crippen molar-refractivity contribution in [1.29, 1.82) is 0 Å². The number of rotatable bonds is 5. The summed E-state index contributed by atoms with van der Waals surface area (Å²) in [6.45, 7) is 1.78. The van der Waals surface area contributed by atoms with Crippen LogP contribution in [0.1, 0.15) is 5.56 Å². The van der Waals surface area contributed by atoms with Gasteiger partial charge in [-0.05, 0) is 30.7 Å². The minimum atomic E-state index is -0.847. The van der Waals surface area contributed by atoms with E-state index in [2.05, 4.69) is 10.6 Å². The van der Waals surface area contributed by atoms with Crippen molar-refractivity contribution in [3.05, 3.63) is 40.9 Å². The standard InChI is InChI=1S/C18H19ClN2O5/c1-10-7-13(15(25-3)9-12(10)19)21-18(23)17(22)20-11-5-6-14(24-2)16(8-11)26-4/h5-9H,1-4H3,(H,20,22)(H,21,23). The zero-order valence-corrected chi connectivity index (χ0v) is 15.6. The van der Waals surface area contributed by atoms with Crippen LogP contribution < -0.4 is 24.8 Å². The van der Waals surface area contributed by atoms with Gasteiger partial charge >= 0.3 is 11.8 Å². The van der Waals surface area contributed by atoms with E-state index >= 15 is 0 Å². The maximum absolute atomic E-state index is 12.2. The van der Waals surface area contributed by atoms with Gasteiger partial charge in [-0.2, -0.15) is 0 Å². The smallest absolute Gasteiger partial charge is 0.314 e. The highest BCUT2D eigenvalue weighted by atomic mass is 35.5. The van der Waals surface area contributed by atoms with Crippen LogP contribution in [0.3, 0.4) is 0 Å². The maximum Gasteiger partial charge on any atom is 0.314 e. The minimum absolute atomic E-state index is 0.349. The van der Waals surface area contributed by atoms with Crippen LogP contribution in [0, 0.1) is 6.92 Å². The van der Waals surface area contributed by atoms with Crippen LogP contribution in [0.5, 0.6) is 17.2 Å². The number of hydrogen-bond acceptors (Lipinski definition) is 5. The van der Waals surface area contributed by atoms with E-state index in [1.54, 1.807) is 37.3 Å². The number of amides is 2. The molecular formula is C18H19ClN2O5. The second-order valence-electron chi connectivity index (χ2n) is 5.28. The molecule has 26 heavy (non-hydrogen) atoms. The average Bonchev–Trinajstić information content (AvgIpc) is 2.64. The molecule has 0 unspecified atom stereocenters. The third kappa shape index (κ3) is 4.37. The first kappa shape index (κ1) is 19.4. The van der Waals surface area contributed by atoms with Crippen molar-refractivity contribution in [1.82, 2.24) is 0 Å². The number of anilines is 2. The molecule has 2 aromatic carbocycles. The summed E-state index contributed by atoms with van der Waals surface area (Å²) in [7, 11) is 4.43. The van der Waals surface area contributed by atoms with Crippen molar-refractivity contribution in [2.24, 2.45) is 0 Å². The number of ether oxygens (including phenoxy) is 3. The molecule has 7 nitrogen and oxygen atoms in total. The largest absolute Gasteiger partial charge is 0.495 e. The molecule has 2 aromatic rings. The van der Waals surface area contributed by atoms with Gasteiger partial charge in [-0.3, -0.25) is 9.59 Å². The molecule has 0 saturated heterocycles. The first-order valence-electron chi connectivity index (χ1n) is 7.58. The summed E-state index contributed by atoms with van der Waals surface area (Å²) in [5, 5.41) is 5.50. The average molecular weight is 379 g/mol. The number of methoxy groups -OCH3 is 3. The predicted octanol–water partition coefficient (Wildman–Crippen LogP) is 3.25. The number of benzene rings is 2. The van der Waals surface area contributed by atoms with Crippen LogP contribution in [-0.4, -0.2) is 33.1 Å². The van der Waals surface area contributed by atoms with Crippen LogP contribution >= 0.6 is 11.6 Å². The van der Waals surface area contributed by atoms with Gasteiger partial charge in [0.2, 0.25) is 0 Å². The lowest BCUT2D eigenvalue weighted by atomic mass is 10.2. The number of hydrogen-bond donors (Lipinski definition) is 2. The van der Waals surface area contributed by atoms with Gasteiger partial charge < -0.3 is 24.8 Å². The van der Waals surface area contributed by atoms with E-state index in [4.69, 9.17) is 25.8 Å². The normalized spacial score (nSPS) is 10.0. The van der Waals surface area contributed by atoms with Gasteiger partial charge in [0.05, 0.1) is 27.0 Å². The summed E-state index contributed by atoms with van der Waals surface area (Å²) in [6, 6.07) is 7.97. The van der Waals surface area contributed by atoms with Crippen LogP contribution in [0.15, 0.2) is 30.3 Å². The molecule has 2 rings (SSSR count). The molecule has 0 aliphatic rings. The van der Waals surface area contributed by atoms with Gasteiger partial charge in [-0.15, -0.1) is 0 Å². The fraction of sp³-hybridized carbons (Fsp3) is 0.222. The van der Waals surface area contributed by atoms with Crippen molar-refractivity contribution < 1.29 is 23.8 Å². The Morgan fingerprint density at radius 3 is 2.08 bits per heavy atom. The molecule has 0 bridgehead atoms. The molecule has 0 saturated carbocycles. The van der Waals surface area contributed by atoms with Crippen LogP contribution in [0.2, 0.25) is 5.02 Å². The second-order valence-corrected chi connectivity index (χ2v) is 5.69. The molecule has 0 aliphatic carbocycles. The Bertz CT molecular complexity index is 839. The number of nitrogens with one attached hydrogen (secondary N) is 2. The Balaban J connectivity index is 2.14. The topological polar surface area (TPSA) is 85.9 Å². The van der Waals surface area contributed by atoms with E-state index in [0.29, 0.717) is 33.6 Å². The quantitative estimate of drug-likeness (QED) is 0.780. The second kappa shape index (κ2) is 8.44. The van der Waals surface area contributed by atoms with Crippen molar-refractivity contribution in [2.45, 2.75) is 6.92 Å². The molecule has 138 valence electrons. The number of carbonyl (C=O) groups excluding carboxylic acids is 2. The maximum atomic E-state index is 12.2. The number of halogens is 1. The molecule has 0 heterocycles. The molecular weight excluding hydrogens is 360 g/mol. The van der Waals surface area contributed by atoms with E-state index in [0.717, 1.165) is 5.56 Å². The Labute approximate surface area is 156 Å². The molecule has 0 atom stereocenters. The lowest BCUT2D eigenvalue weighted by molar-refractivity contribution is -0.133. The van der Waals surface area contributed by atoms with E-state index in [1.165, 1.54) is 21.3 Å². The molecule has 0 spiro atoms. The van der Waals surface area contributed by atoms with E-state index < -0.39 is 11.8 Å². The first-order valence-corrected chi connectivity index (χ1v) is 7.96. The minimum Gasteiger partial charge on any atom is -0.495 e. The van der Waals surface area contributed by atoms with E-state index in [9.17, 15) is 9.59 Å².